The maximum absolute atomic E-state index is 12.0. The van der Waals surface area contributed by atoms with Gasteiger partial charge in [-0.25, -0.2) is 0 Å². The monoisotopic (exact) mass is 314 g/mol. The van der Waals surface area contributed by atoms with E-state index in [2.05, 4.69) is 0 Å². The van der Waals surface area contributed by atoms with E-state index in [4.69, 9.17) is 27.9 Å². The van der Waals surface area contributed by atoms with E-state index in [1.807, 2.05) is 6.07 Å². The first kappa shape index (κ1) is 15.3. The number of aryl methyl sites for hydroxylation is 1. The molecule has 20 heavy (non-hydrogen) atoms. The molecule has 1 aliphatic carbocycles. The molecule has 0 saturated heterocycles. The van der Waals surface area contributed by atoms with Crippen molar-refractivity contribution in [2.75, 3.05) is 6.61 Å². The second kappa shape index (κ2) is 6.59. The van der Waals surface area contributed by atoms with Gasteiger partial charge in [0.05, 0.1) is 22.6 Å². The highest BCUT2D eigenvalue weighted by Crippen LogP contribution is 2.41. The first-order chi connectivity index (χ1) is 9.52. The van der Waals surface area contributed by atoms with Crippen LogP contribution >= 0.6 is 23.2 Å². The number of ether oxygens (including phenoxy) is 1. The third kappa shape index (κ3) is 3.74. The summed E-state index contributed by atoms with van der Waals surface area (Å²) in [6.45, 7) is 2.13. The van der Waals surface area contributed by atoms with Gasteiger partial charge in [-0.05, 0) is 37.5 Å². The van der Waals surface area contributed by atoms with Crippen molar-refractivity contribution >= 4 is 35.0 Å². The molecular formula is C15H16Cl2O3. The summed E-state index contributed by atoms with van der Waals surface area (Å²) >= 11 is 11.8. The Morgan fingerprint density at radius 1 is 1.25 bits per heavy atom. The molecule has 0 unspecified atom stereocenters. The van der Waals surface area contributed by atoms with Crippen LogP contribution in [0.3, 0.4) is 0 Å². The minimum atomic E-state index is -0.250. The summed E-state index contributed by atoms with van der Waals surface area (Å²) in [6, 6.07) is 5.35. The molecule has 0 radical (unpaired) electrons. The predicted molar refractivity (Wildman–Crippen MR) is 78.0 cm³/mol. The zero-order valence-electron chi connectivity index (χ0n) is 11.2. The number of rotatable bonds is 6. The number of benzene rings is 1. The normalized spacial score (nSPS) is 20.6. The number of ketones is 1. The molecule has 0 spiro atoms. The lowest BCUT2D eigenvalue weighted by molar-refractivity contribution is -0.145. The molecule has 2 atom stereocenters. The molecular weight excluding hydrogens is 299 g/mol. The average molecular weight is 315 g/mol. The van der Waals surface area contributed by atoms with E-state index in [-0.39, 0.29) is 23.6 Å². The minimum Gasteiger partial charge on any atom is -0.466 e. The van der Waals surface area contributed by atoms with Crippen LogP contribution in [0.2, 0.25) is 10.0 Å². The SMILES string of the molecule is CCOC(=O)[C@H]1C[C@@H]1C(=O)CCc1ccc(Cl)c(Cl)c1. The predicted octanol–water partition coefficient (Wildman–Crippen LogP) is 3.69. The Kier molecular flexibility index (Phi) is 5.06. The van der Waals surface area contributed by atoms with E-state index in [1.54, 1.807) is 19.1 Å². The number of carbonyl (C=O) groups excluding carboxylic acids is 2. The lowest BCUT2D eigenvalue weighted by atomic mass is 10.0. The topological polar surface area (TPSA) is 43.4 Å². The summed E-state index contributed by atoms with van der Waals surface area (Å²) in [4.78, 5) is 23.5. The fourth-order valence-corrected chi connectivity index (χ4v) is 2.53. The lowest BCUT2D eigenvalue weighted by Crippen LogP contribution is -2.12. The van der Waals surface area contributed by atoms with E-state index in [0.717, 1.165) is 5.56 Å². The Morgan fingerprint density at radius 3 is 2.65 bits per heavy atom. The minimum absolute atomic E-state index is 0.120. The van der Waals surface area contributed by atoms with Gasteiger partial charge in [-0.1, -0.05) is 29.3 Å². The van der Waals surface area contributed by atoms with Gasteiger partial charge in [-0.3, -0.25) is 9.59 Å². The number of carbonyl (C=O) groups is 2. The van der Waals surface area contributed by atoms with Gasteiger partial charge >= 0.3 is 5.97 Å². The summed E-state index contributed by atoms with van der Waals surface area (Å²) in [6.07, 6.45) is 1.65. The number of hydrogen-bond acceptors (Lipinski definition) is 3. The van der Waals surface area contributed by atoms with Crippen molar-refractivity contribution in [1.82, 2.24) is 0 Å². The van der Waals surface area contributed by atoms with E-state index >= 15 is 0 Å². The Morgan fingerprint density at radius 2 is 2.00 bits per heavy atom. The van der Waals surface area contributed by atoms with Crippen LogP contribution in [0, 0.1) is 11.8 Å². The first-order valence-electron chi connectivity index (χ1n) is 6.66. The third-order valence-electron chi connectivity index (χ3n) is 3.44. The summed E-state index contributed by atoms with van der Waals surface area (Å²) in [5.41, 5.74) is 0.973. The zero-order chi connectivity index (χ0) is 14.7. The third-order valence-corrected chi connectivity index (χ3v) is 4.18. The van der Waals surface area contributed by atoms with Crippen molar-refractivity contribution in [3.63, 3.8) is 0 Å². The molecule has 0 amide bonds. The fraction of sp³-hybridized carbons (Fsp3) is 0.467. The Labute approximate surface area is 128 Å². The quantitative estimate of drug-likeness (QED) is 0.752. The Balaban J connectivity index is 1.82. The molecule has 0 N–H and O–H groups in total. The molecule has 1 aromatic carbocycles. The summed E-state index contributed by atoms with van der Waals surface area (Å²) in [5, 5.41) is 0.999. The number of hydrogen-bond donors (Lipinski definition) is 0. The van der Waals surface area contributed by atoms with Crippen molar-refractivity contribution in [1.29, 1.82) is 0 Å². The molecule has 0 heterocycles. The summed E-state index contributed by atoms with van der Waals surface area (Å²) in [5.74, 6) is -0.511. The molecule has 2 rings (SSSR count). The highest BCUT2D eigenvalue weighted by molar-refractivity contribution is 6.42. The van der Waals surface area contributed by atoms with Crippen molar-refractivity contribution in [3.05, 3.63) is 33.8 Å². The van der Waals surface area contributed by atoms with E-state index in [1.165, 1.54) is 0 Å². The second-order valence-corrected chi connectivity index (χ2v) is 5.73. The van der Waals surface area contributed by atoms with Gasteiger partial charge < -0.3 is 4.74 Å². The molecule has 3 nitrogen and oxygen atoms in total. The van der Waals surface area contributed by atoms with Gasteiger partial charge in [0.25, 0.3) is 0 Å². The molecule has 0 bridgehead atoms. The lowest BCUT2D eigenvalue weighted by Gasteiger charge is -2.03. The van der Waals surface area contributed by atoms with Gasteiger partial charge in [0, 0.05) is 12.3 Å². The van der Waals surface area contributed by atoms with Crippen LogP contribution in [0.5, 0.6) is 0 Å². The average Bonchev–Trinajstić information content (AvgIpc) is 3.20. The molecule has 0 aliphatic heterocycles. The van der Waals surface area contributed by atoms with E-state index in [9.17, 15) is 9.59 Å². The molecule has 1 aromatic rings. The van der Waals surface area contributed by atoms with Crippen LogP contribution in [-0.2, 0) is 20.7 Å². The summed E-state index contributed by atoms with van der Waals surface area (Å²) in [7, 11) is 0. The number of halogens is 2. The van der Waals surface area contributed by atoms with Crippen LogP contribution < -0.4 is 0 Å². The van der Waals surface area contributed by atoms with Crippen molar-refractivity contribution in [3.8, 4) is 0 Å². The van der Waals surface area contributed by atoms with Crippen LogP contribution in [0.1, 0.15) is 25.3 Å². The van der Waals surface area contributed by atoms with Crippen molar-refractivity contribution < 1.29 is 14.3 Å². The van der Waals surface area contributed by atoms with Crippen LogP contribution in [0.25, 0.3) is 0 Å². The molecule has 1 saturated carbocycles. The van der Waals surface area contributed by atoms with Gasteiger partial charge in [-0.15, -0.1) is 0 Å². The van der Waals surface area contributed by atoms with E-state index < -0.39 is 0 Å². The van der Waals surface area contributed by atoms with Gasteiger partial charge in [-0.2, -0.15) is 0 Å². The molecule has 108 valence electrons. The van der Waals surface area contributed by atoms with Gasteiger partial charge in [0.15, 0.2) is 0 Å². The number of Topliss-reactive ketones (excluding diaryl/α,β-unsaturated/α-hetero) is 1. The smallest absolute Gasteiger partial charge is 0.309 e. The number of esters is 1. The fourth-order valence-electron chi connectivity index (χ4n) is 2.21. The highest BCUT2D eigenvalue weighted by Gasteiger charge is 2.48. The maximum Gasteiger partial charge on any atom is 0.309 e. The van der Waals surface area contributed by atoms with Crippen molar-refractivity contribution in [2.24, 2.45) is 11.8 Å². The zero-order valence-corrected chi connectivity index (χ0v) is 12.7. The second-order valence-electron chi connectivity index (χ2n) is 4.92. The molecule has 0 aromatic heterocycles. The summed E-state index contributed by atoms with van der Waals surface area (Å²) < 4.78 is 4.91. The van der Waals surface area contributed by atoms with Gasteiger partial charge in [0.2, 0.25) is 0 Å². The van der Waals surface area contributed by atoms with E-state index in [0.29, 0.717) is 35.9 Å². The maximum atomic E-state index is 12.0. The van der Waals surface area contributed by atoms with Gasteiger partial charge in [0.1, 0.15) is 5.78 Å². The largest absolute Gasteiger partial charge is 0.466 e. The molecule has 5 heteroatoms. The van der Waals surface area contributed by atoms with Crippen LogP contribution in [0.4, 0.5) is 0 Å². The molecule has 1 fully saturated rings. The standard InChI is InChI=1S/C15H16Cl2O3/c1-2-20-15(19)11-8-10(11)14(18)6-4-9-3-5-12(16)13(17)7-9/h3,5,7,10-11H,2,4,6,8H2,1H3/t10-,11-/m0/s1. The first-order valence-corrected chi connectivity index (χ1v) is 7.41. The van der Waals surface area contributed by atoms with Crippen LogP contribution in [0.15, 0.2) is 18.2 Å². The highest BCUT2D eigenvalue weighted by atomic mass is 35.5. The Bertz CT molecular complexity index is 528. The Hall–Kier alpha value is -1.06. The van der Waals surface area contributed by atoms with Crippen LogP contribution in [-0.4, -0.2) is 18.4 Å². The molecule has 1 aliphatic rings. The van der Waals surface area contributed by atoms with Crippen molar-refractivity contribution in [2.45, 2.75) is 26.2 Å².